The summed E-state index contributed by atoms with van der Waals surface area (Å²) in [6, 6.07) is 1.56. The van der Waals surface area contributed by atoms with Crippen LogP contribution >= 0.6 is 0 Å². The van der Waals surface area contributed by atoms with E-state index in [1.807, 2.05) is 0 Å². The smallest absolute Gasteiger partial charge is 0.268 e. The average molecular weight is 225 g/mol. The van der Waals surface area contributed by atoms with E-state index in [1.165, 1.54) is 4.68 Å². The molecular weight excluding hydrogens is 206 g/mol. The van der Waals surface area contributed by atoms with Crippen LogP contribution in [-0.4, -0.2) is 28.0 Å². The molecule has 0 bridgehead atoms. The monoisotopic (exact) mass is 225 g/mol. The van der Waals surface area contributed by atoms with Crippen LogP contribution in [0.15, 0.2) is 17.1 Å². The fourth-order valence-corrected chi connectivity index (χ4v) is 1.34. The van der Waals surface area contributed by atoms with Gasteiger partial charge in [-0.1, -0.05) is 6.92 Å². The average Bonchev–Trinajstić information content (AvgIpc) is 2.29. The number of aryl methyl sites for hydroxylation is 1. The quantitative estimate of drug-likeness (QED) is 0.675. The minimum Gasteiger partial charge on any atom is -0.396 e. The SMILES string of the molecule is CCCNc1cnn(CCCCO)c(=O)c1. The second kappa shape index (κ2) is 7.00. The number of aromatic nitrogens is 2. The van der Waals surface area contributed by atoms with Gasteiger partial charge in [-0.05, 0) is 19.3 Å². The third kappa shape index (κ3) is 4.02. The van der Waals surface area contributed by atoms with Crippen molar-refractivity contribution in [2.24, 2.45) is 0 Å². The third-order valence-electron chi connectivity index (χ3n) is 2.23. The molecule has 0 fully saturated rings. The van der Waals surface area contributed by atoms with Gasteiger partial charge in [-0.25, -0.2) is 4.68 Å². The van der Waals surface area contributed by atoms with Crippen LogP contribution in [-0.2, 0) is 6.54 Å². The highest BCUT2D eigenvalue weighted by Gasteiger charge is 1.99. The Morgan fingerprint density at radius 1 is 1.50 bits per heavy atom. The Balaban J connectivity index is 2.57. The van der Waals surface area contributed by atoms with Gasteiger partial charge in [0.05, 0.1) is 11.9 Å². The summed E-state index contributed by atoms with van der Waals surface area (Å²) < 4.78 is 1.42. The summed E-state index contributed by atoms with van der Waals surface area (Å²) in [5, 5.41) is 15.8. The van der Waals surface area contributed by atoms with Gasteiger partial charge < -0.3 is 10.4 Å². The molecule has 1 heterocycles. The standard InChI is InChI=1S/C11H19N3O2/c1-2-5-12-10-8-11(16)14(13-9-10)6-3-4-7-15/h8-9,12,15H,2-7H2,1H3. The molecule has 0 aliphatic heterocycles. The van der Waals surface area contributed by atoms with E-state index >= 15 is 0 Å². The molecule has 0 aliphatic carbocycles. The van der Waals surface area contributed by atoms with Crippen molar-refractivity contribution in [2.45, 2.75) is 32.7 Å². The highest BCUT2D eigenvalue weighted by Crippen LogP contribution is 2.00. The molecule has 1 aromatic heterocycles. The molecule has 5 nitrogen and oxygen atoms in total. The summed E-state index contributed by atoms with van der Waals surface area (Å²) in [5.41, 5.74) is 0.671. The fourth-order valence-electron chi connectivity index (χ4n) is 1.34. The van der Waals surface area contributed by atoms with Crippen molar-refractivity contribution in [3.05, 3.63) is 22.6 Å². The Hall–Kier alpha value is -1.36. The van der Waals surface area contributed by atoms with Gasteiger partial charge in [-0.15, -0.1) is 0 Å². The summed E-state index contributed by atoms with van der Waals surface area (Å²) >= 11 is 0. The number of rotatable bonds is 7. The summed E-state index contributed by atoms with van der Waals surface area (Å²) in [7, 11) is 0. The van der Waals surface area contributed by atoms with Crippen LogP contribution in [0.3, 0.4) is 0 Å². The molecule has 0 atom stereocenters. The number of unbranched alkanes of at least 4 members (excludes halogenated alkanes) is 1. The second-order valence-corrected chi connectivity index (χ2v) is 3.66. The predicted octanol–water partition coefficient (Wildman–Crippen LogP) is 0.838. The van der Waals surface area contributed by atoms with Gasteiger partial charge in [0.15, 0.2) is 0 Å². The minimum atomic E-state index is -0.0981. The first-order valence-corrected chi connectivity index (χ1v) is 5.70. The molecule has 90 valence electrons. The number of hydrogen-bond donors (Lipinski definition) is 2. The number of nitrogens with one attached hydrogen (secondary N) is 1. The van der Waals surface area contributed by atoms with E-state index in [0.29, 0.717) is 13.0 Å². The van der Waals surface area contributed by atoms with E-state index in [2.05, 4.69) is 17.3 Å². The molecule has 1 rings (SSSR count). The Bertz CT molecular complexity index is 362. The van der Waals surface area contributed by atoms with Gasteiger partial charge in [0, 0.05) is 25.8 Å². The largest absolute Gasteiger partial charge is 0.396 e. The molecule has 0 radical (unpaired) electrons. The number of hydrogen-bond acceptors (Lipinski definition) is 4. The lowest BCUT2D eigenvalue weighted by atomic mass is 10.3. The normalized spacial score (nSPS) is 10.4. The molecular formula is C11H19N3O2. The van der Waals surface area contributed by atoms with E-state index < -0.39 is 0 Å². The zero-order chi connectivity index (χ0) is 11.8. The summed E-state index contributed by atoms with van der Waals surface area (Å²) in [6.07, 6.45) is 4.14. The zero-order valence-electron chi connectivity index (χ0n) is 9.65. The van der Waals surface area contributed by atoms with Gasteiger partial charge in [0.1, 0.15) is 0 Å². The lowest BCUT2D eigenvalue weighted by Crippen LogP contribution is -2.22. The van der Waals surface area contributed by atoms with Crippen molar-refractivity contribution in [1.29, 1.82) is 0 Å². The molecule has 0 amide bonds. The first-order chi connectivity index (χ1) is 7.77. The van der Waals surface area contributed by atoms with E-state index in [4.69, 9.17) is 5.11 Å². The minimum absolute atomic E-state index is 0.0981. The number of aliphatic hydroxyl groups is 1. The van der Waals surface area contributed by atoms with Gasteiger partial charge in [-0.2, -0.15) is 5.10 Å². The summed E-state index contributed by atoms with van der Waals surface area (Å²) in [6.45, 7) is 3.63. The third-order valence-corrected chi connectivity index (χ3v) is 2.23. The van der Waals surface area contributed by atoms with Crippen molar-refractivity contribution in [1.82, 2.24) is 9.78 Å². The van der Waals surface area contributed by atoms with Crippen molar-refractivity contribution < 1.29 is 5.11 Å². The molecule has 0 aromatic carbocycles. The van der Waals surface area contributed by atoms with Crippen molar-refractivity contribution >= 4 is 5.69 Å². The van der Waals surface area contributed by atoms with Crippen molar-refractivity contribution in [3.63, 3.8) is 0 Å². The van der Waals surface area contributed by atoms with Gasteiger partial charge in [0.25, 0.3) is 5.56 Å². The Labute approximate surface area is 95.1 Å². The molecule has 0 spiro atoms. The predicted molar refractivity (Wildman–Crippen MR) is 63.6 cm³/mol. The first-order valence-electron chi connectivity index (χ1n) is 5.70. The van der Waals surface area contributed by atoms with Gasteiger partial charge in [-0.3, -0.25) is 4.79 Å². The van der Waals surface area contributed by atoms with Crippen LogP contribution in [0, 0.1) is 0 Å². The lowest BCUT2D eigenvalue weighted by molar-refractivity contribution is 0.279. The maximum absolute atomic E-state index is 11.6. The molecule has 1 aromatic rings. The molecule has 0 aliphatic rings. The number of nitrogens with zero attached hydrogens (tertiary/aromatic N) is 2. The zero-order valence-corrected chi connectivity index (χ0v) is 9.65. The molecule has 5 heteroatoms. The van der Waals surface area contributed by atoms with Crippen molar-refractivity contribution in [2.75, 3.05) is 18.5 Å². The van der Waals surface area contributed by atoms with Crippen molar-refractivity contribution in [3.8, 4) is 0 Å². The molecule has 0 saturated heterocycles. The van der Waals surface area contributed by atoms with Crippen LogP contribution in [0.4, 0.5) is 5.69 Å². The van der Waals surface area contributed by atoms with E-state index in [0.717, 1.165) is 25.1 Å². The van der Waals surface area contributed by atoms with Gasteiger partial charge >= 0.3 is 0 Å². The molecule has 0 unspecified atom stereocenters. The number of anilines is 1. The van der Waals surface area contributed by atoms with Gasteiger partial charge in [0.2, 0.25) is 0 Å². The first kappa shape index (κ1) is 12.7. The van der Waals surface area contributed by atoms with Crippen LogP contribution in [0.1, 0.15) is 26.2 Å². The van der Waals surface area contributed by atoms with Crippen LogP contribution < -0.4 is 10.9 Å². The van der Waals surface area contributed by atoms with E-state index in [9.17, 15) is 4.79 Å². The molecule has 0 saturated carbocycles. The van der Waals surface area contributed by atoms with E-state index in [-0.39, 0.29) is 12.2 Å². The summed E-state index contributed by atoms with van der Waals surface area (Å²) in [5.74, 6) is 0. The second-order valence-electron chi connectivity index (χ2n) is 3.66. The van der Waals surface area contributed by atoms with Crippen LogP contribution in [0.2, 0.25) is 0 Å². The Morgan fingerprint density at radius 3 is 2.94 bits per heavy atom. The maximum Gasteiger partial charge on any atom is 0.268 e. The highest BCUT2D eigenvalue weighted by atomic mass is 16.2. The van der Waals surface area contributed by atoms with Crippen LogP contribution in [0.5, 0.6) is 0 Å². The highest BCUT2D eigenvalue weighted by molar-refractivity contribution is 5.38. The van der Waals surface area contributed by atoms with Crippen LogP contribution in [0.25, 0.3) is 0 Å². The molecule has 16 heavy (non-hydrogen) atoms. The Morgan fingerprint density at radius 2 is 2.31 bits per heavy atom. The Kier molecular flexibility index (Phi) is 5.56. The fraction of sp³-hybridized carbons (Fsp3) is 0.636. The topological polar surface area (TPSA) is 67.2 Å². The lowest BCUT2D eigenvalue weighted by Gasteiger charge is -2.06. The maximum atomic E-state index is 11.6. The number of aliphatic hydroxyl groups excluding tert-OH is 1. The summed E-state index contributed by atoms with van der Waals surface area (Å²) in [4.78, 5) is 11.6. The molecule has 2 N–H and O–H groups in total. The van der Waals surface area contributed by atoms with E-state index in [1.54, 1.807) is 12.3 Å².